The zero-order chi connectivity index (χ0) is 12.6. The van der Waals surface area contributed by atoms with E-state index in [1.54, 1.807) is 0 Å². The first-order valence-electron chi connectivity index (χ1n) is 7.13. The van der Waals surface area contributed by atoms with Gasteiger partial charge in [0.2, 0.25) is 0 Å². The second-order valence-corrected chi connectivity index (χ2v) is 5.21. The van der Waals surface area contributed by atoms with E-state index >= 15 is 0 Å². The predicted molar refractivity (Wildman–Crippen MR) is 76.2 cm³/mol. The molecule has 1 aliphatic rings. The van der Waals surface area contributed by atoms with Crippen molar-refractivity contribution in [1.29, 1.82) is 0 Å². The molecule has 1 aromatic rings. The van der Waals surface area contributed by atoms with Crippen LogP contribution in [0.2, 0.25) is 0 Å². The summed E-state index contributed by atoms with van der Waals surface area (Å²) in [6, 6.07) is 9.21. The Hall–Kier alpha value is -0.900. The molecule has 1 fully saturated rings. The van der Waals surface area contributed by atoms with Gasteiger partial charge in [0.25, 0.3) is 0 Å². The molecule has 2 rings (SSSR count). The average Bonchev–Trinajstić information content (AvgIpc) is 2.45. The second kappa shape index (κ2) is 7.52. The molecule has 1 aliphatic carbocycles. The van der Waals surface area contributed by atoms with Gasteiger partial charge in [0.15, 0.2) is 0 Å². The van der Waals surface area contributed by atoms with Crippen molar-refractivity contribution < 1.29 is 0 Å². The maximum absolute atomic E-state index is 5.20. The molecule has 0 saturated heterocycles. The summed E-state index contributed by atoms with van der Waals surface area (Å²) in [5, 5.41) is 3.23. The number of rotatable bonds is 6. The molecule has 0 bridgehead atoms. The highest BCUT2D eigenvalue weighted by atomic mass is 15.3. The van der Waals surface area contributed by atoms with Gasteiger partial charge in [-0.3, -0.25) is 5.84 Å². The monoisotopic (exact) mass is 247 g/mol. The molecular formula is C15H25N3. The quantitative estimate of drug-likeness (QED) is 0.313. The highest BCUT2D eigenvalue weighted by Crippen LogP contribution is 2.32. The van der Waals surface area contributed by atoms with E-state index < -0.39 is 0 Å². The van der Waals surface area contributed by atoms with Crippen molar-refractivity contribution >= 4 is 0 Å². The van der Waals surface area contributed by atoms with E-state index in [1.165, 1.54) is 43.2 Å². The van der Waals surface area contributed by atoms with E-state index in [-0.39, 0.29) is 0 Å². The molecule has 0 atom stereocenters. The van der Waals surface area contributed by atoms with Crippen LogP contribution in [0.1, 0.15) is 49.1 Å². The van der Waals surface area contributed by atoms with Gasteiger partial charge in [-0.1, -0.05) is 43.5 Å². The topological polar surface area (TPSA) is 50.1 Å². The zero-order valence-corrected chi connectivity index (χ0v) is 11.1. The van der Waals surface area contributed by atoms with E-state index in [0.717, 1.165) is 18.9 Å². The van der Waals surface area contributed by atoms with Crippen LogP contribution in [-0.2, 0) is 6.42 Å². The molecule has 1 aromatic carbocycles. The van der Waals surface area contributed by atoms with E-state index in [4.69, 9.17) is 5.84 Å². The summed E-state index contributed by atoms with van der Waals surface area (Å²) in [5.74, 6) is 6.01. The fourth-order valence-corrected chi connectivity index (χ4v) is 2.79. The molecule has 0 aromatic heterocycles. The summed E-state index contributed by atoms with van der Waals surface area (Å²) >= 11 is 0. The minimum Gasteiger partial charge on any atom is -0.303 e. The van der Waals surface area contributed by atoms with Gasteiger partial charge in [-0.25, -0.2) is 5.43 Å². The van der Waals surface area contributed by atoms with Crippen LogP contribution in [0, 0.1) is 0 Å². The minimum absolute atomic E-state index is 0.667. The van der Waals surface area contributed by atoms with Crippen LogP contribution in [0.15, 0.2) is 24.3 Å². The maximum Gasteiger partial charge on any atom is 0.0587 e. The van der Waals surface area contributed by atoms with E-state index in [2.05, 4.69) is 35.0 Å². The van der Waals surface area contributed by atoms with Crippen molar-refractivity contribution in [1.82, 2.24) is 10.7 Å². The molecule has 0 aliphatic heterocycles. The van der Waals surface area contributed by atoms with E-state index in [9.17, 15) is 0 Å². The molecule has 0 unspecified atom stereocenters. The lowest BCUT2D eigenvalue weighted by Crippen LogP contribution is -2.34. The SMILES string of the molecule is NNCNCCc1ccc(C2CCCCC2)cc1. The van der Waals surface area contributed by atoms with Crippen LogP contribution in [0.3, 0.4) is 0 Å². The Balaban J connectivity index is 1.81. The number of hydrazine groups is 1. The van der Waals surface area contributed by atoms with Gasteiger partial charge >= 0.3 is 0 Å². The standard InChI is InChI=1S/C15H25N3/c16-18-12-17-11-10-13-6-8-15(9-7-13)14-4-2-1-3-5-14/h6-9,14,17-18H,1-5,10-12,16H2. The highest BCUT2D eigenvalue weighted by molar-refractivity contribution is 5.25. The molecule has 0 heterocycles. The molecule has 0 spiro atoms. The van der Waals surface area contributed by atoms with Crippen LogP contribution in [0.4, 0.5) is 0 Å². The molecular weight excluding hydrogens is 222 g/mol. The molecule has 4 N–H and O–H groups in total. The van der Waals surface area contributed by atoms with Gasteiger partial charge in [0.05, 0.1) is 6.67 Å². The molecule has 100 valence electrons. The van der Waals surface area contributed by atoms with Gasteiger partial charge in [0, 0.05) is 6.54 Å². The molecule has 3 nitrogen and oxygen atoms in total. The third kappa shape index (κ3) is 4.09. The zero-order valence-electron chi connectivity index (χ0n) is 11.1. The molecule has 18 heavy (non-hydrogen) atoms. The van der Waals surface area contributed by atoms with Gasteiger partial charge in [0.1, 0.15) is 0 Å². The van der Waals surface area contributed by atoms with Crippen molar-refractivity contribution in [2.24, 2.45) is 5.84 Å². The lowest BCUT2D eigenvalue weighted by atomic mass is 9.84. The Kier molecular flexibility index (Phi) is 5.65. The van der Waals surface area contributed by atoms with E-state index in [0.29, 0.717) is 6.67 Å². The normalized spacial score (nSPS) is 16.9. The summed E-state index contributed by atoms with van der Waals surface area (Å²) in [6.45, 7) is 1.63. The van der Waals surface area contributed by atoms with Gasteiger partial charge < -0.3 is 5.32 Å². The summed E-state index contributed by atoms with van der Waals surface area (Å²) in [5.41, 5.74) is 5.53. The minimum atomic E-state index is 0.667. The van der Waals surface area contributed by atoms with Crippen LogP contribution in [-0.4, -0.2) is 13.2 Å². The second-order valence-electron chi connectivity index (χ2n) is 5.21. The van der Waals surface area contributed by atoms with Crippen molar-refractivity contribution in [3.8, 4) is 0 Å². The van der Waals surface area contributed by atoms with Crippen molar-refractivity contribution in [2.75, 3.05) is 13.2 Å². The first kappa shape index (κ1) is 13.5. The summed E-state index contributed by atoms with van der Waals surface area (Å²) < 4.78 is 0. The summed E-state index contributed by atoms with van der Waals surface area (Å²) in [6.07, 6.45) is 8.05. The lowest BCUT2D eigenvalue weighted by Gasteiger charge is -2.22. The fourth-order valence-electron chi connectivity index (χ4n) is 2.79. The number of hydrogen-bond acceptors (Lipinski definition) is 3. The van der Waals surface area contributed by atoms with Crippen LogP contribution >= 0.6 is 0 Å². The van der Waals surface area contributed by atoms with Crippen molar-refractivity contribution in [2.45, 2.75) is 44.4 Å². The molecule has 0 amide bonds. The predicted octanol–water partition coefficient (Wildman–Crippen LogP) is 2.29. The van der Waals surface area contributed by atoms with Crippen LogP contribution < -0.4 is 16.6 Å². The molecule has 0 radical (unpaired) electrons. The Labute approximate surface area is 110 Å². The first-order valence-corrected chi connectivity index (χ1v) is 7.13. The van der Waals surface area contributed by atoms with Crippen LogP contribution in [0.5, 0.6) is 0 Å². The Morgan fingerprint density at radius 1 is 1.06 bits per heavy atom. The van der Waals surface area contributed by atoms with Gasteiger partial charge in [-0.2, -0.15) is 0 Å². The number of nitrogens with one attached hydrogen (secondary N) is 2. The van der Waals surface area contributed by atoms with Crippen molar-refractivity contribution in [3.05, 3.63) is 35.4 Å². The molecule has 3 heteroatoms. The third-order valence-corrected chi connectivity index (χ3v) is 3.87. The summed E-state index contributed by atoms with van der Waals surface area (Å²) in [7, 11) is 0. The number of benzene rings is 1. The first-order chi connectivity index (χ1) is 8.90. The maximum atomic E-state index is 5.20. The van der Waals surface area contributed by atoms with Crippen molar-refractivity contribution in [3.63, 3.8) is 0 Å². The van der Waals surface area contributed by atoms with Crippen LogP contribution in [0.25, 0.3) is 0 Å². The average molecular weight is 247 g/mol. The largest absolute Gasteiger partial charge is 0.303 e. The molecule has 1 saturated carbocycles. The number of nitrogens with two attached hydrogens (primary N) is 1. The highest BCUT2D eigenvalue weighted by Gasteiger charge is 2.14. The van der Waals surface area contributed by atoms with E-state index in [1.807, 2.05) is 0 Å². The fraction of sp³-hybridized carbons (Fsp3) is 0.600. The van der Waals surface area contributed by atoms with Gasteiger partial charge in [-0.05, 0) is 36.3 Å². The smallest absolute Gasteiger partial charge is 0.0587 e. The number of hydrogen-bond donors (Lipinski definition) is 3. The Bertz CT molecular complexity index is 328. The van der Waals surface area contributed by atoms with Gasteiger partial charge in [-0.15, -0.1) is 0 Å². The summed E-state index contributed by atoms with van der Waals surface area (Å²) in [4.78, 5) is 0. The Morgan fingerprint density at radius 2 is 1.78 bits per heavy atom. The Morgan fingerprint density at radius 3 is 2.44 bits per heavy atom. The third-order valence-electron chi connectivity index (χ3n) is 3.87. The lowest BCUT2D eigenvalue weighted by molar-refractivity contribution is 0.443.